The van der Waals surface area contributed by atoms with Crippen LogP contribution in [0.15, 0.2) is 0 Å². The highest BCUT2D eigenvalue weighted by molar-refractivity contribution is 5.80. The molecular formula is C15H25N3O4. The quantitative estimate of drug-likeness (QED) is 0.807. The van der Waals surface area contributed by atoms with Crippen LogP contribution in [0, 0.1) is 5.92 Å². The molecule has 7 nitrogen and oxygen atoms in total. The number of hydrogen-bond acceptors (Lipinski definition) is 3. The lowest BCUT2D eigenvalue weighted by Gasteiger charge is -2.37. The van der Waals surface area contributed by atoms with Crippen molar-refractivity contribution in [2.45, 2.75) is 38.5 Å². The molecule has 1 aliphatic heterocycles. The Bertz CT molecular complexity index is 413. The summed E-state index contributed by atoms with van der Waals surface area (Å²) in [4.78, 5) is 38.2. The largest absolute Gasteiger partial charge is 0.481 e. The number of carboxylic acid groups (broad SMARTS) is 1. The van der Waals surface area contributed by atoms with Crippen LogP contribution in [-0.2, 0) is 9.59 Å². The van der Waals surface area contributed by atoms with Crippen molar-refractivity contribution in [1.82, 2.24) is 15.1 Å². The molecule has 7 heteroatoms. The number of rotatable bonds is 4. The number of carbonyl (C=O) groups excluding carboxylic acids is 2. The molecular weight excluding hydrogens is 286 g/mol. The lowest BCUT2D eigenvalue weighted by molar-refractivity contribution is -0.138. The van der Waals surface area contributed by atoms with Crippen molar-refractivity contribution < 1.29 is 19.5 Å². The van der Waals surface area contributed by atoms with Gasteiger partial charge in [-0.3, -0.25) is 9.59 Å². The van der Waals surface area contributed by atoms with Crippen molar-refractivity contribution in [3.63, 3.8) is 0 Å². The summed E-state index contributed by atoms with van der Waals surface area (Å²) in [6.07, 6.45) is 5.42. The van der Waals surface area contributed by atoms with E-state index in [1.807, 2.05) is 4.90 Å². The van der Waals surface area contributed by atoms with Gasteiger partial charge in [0.15, 0.2) is 0 Å². The van der Waals surface area contributed by atoms with E-state index >= 15 is 0 Å². The van der Waals surface area contributed by atoms with Crippen LogP contribution >= 0.6 is 0 Å². The average Bonchev–Trinajstić information content (AvgIpc) is 2.54. The molecule has 22 heavy (non-hydrogen) atoms. The molecule has 3 amide bonds. The van der Waals surface area contributed by atoms with Crippen LogP contribution in [0.2, 0.25) is 0 Å². The van der Waals surface area contributed by atoms with Crippen LogP contribution in [0.1, 0.15) is 38.5 Å². The average molecular weight is 311 g/mol. The third-order valence-corrected chi connectivity index (χ3v) is 4.45. The molecule has 124 valence electrons. The number of aliphatic carboxylic acids is 1. The van der Waals surface area contributed by atoms with Gasteiger partial charge in [0.1, 0.15) is 0 Å². The molecule has 1 saturated heterocycles. The van der Waals surface area contributed by atoms with Crippen molar-refractivity contribution in [1.29, 1.82) is 0 Å². The minimum absolute atomic E-state index is 0.0775. The summed E-state index contributed by atoms with van der Waals surface area (Å²) in [7, 11) is 0. The fourth-order valence-corrected chi connectivity index (χ4v) is 3.13. The van der Waals surface area contributed by atoms with Gasteiger partial charge in [-0.05, 0) is 12.8 Å². The molecule has 2 N–H and O–H groups in total. The van der Waals surface area contributed by atoms with Gasteiger partial charge in [0.2, 0.25) is 5.91 Å². The highest BCUT2D eigenvalue weighted by Crippen LogP contribution is 2.25. The second-order valence-electron chi connectivity index (χ2n) is 6.02. The molecule has 0 atom stereocenters. The first-order valence-electron chi connectivity index (χ1n) is 8.11. The summed E-state index contributed by atoms with van der Waals surface area (Å²) in [5.41, 5.74) is 0. The van der Waals surface area contributed by atoms with Gasteiger partial charge in [0.05, 0.1) is 6.42 Å². The predicted octanol–water partition coefficient (Wildman–Crippen LogP) is 0.895. The summed E-state index contributed by atoms with van der Waals surface area (Å²) in [6, 6.07) is -0.244. The highest BCUT2D eigenvalue weighted by Gasteiger charge is 2.29. The number of nitrogens with zero attached hydrogens (tertiary/aromatic N) is 2. The van der Waals surface area contributed by atoms with E-state index in [1.54, 1.807) is 4.90 Å². The summed E-state index contributed by atoms with van der Waals surface area (Å²) in [5.74, 6) is -0.515. The maximum Gasteiger partial charge on any atom is 0.317 e. The fourth-order valence-electron chi connectivity index (χ4n) is 3.13. The van der Waals surface area contributed by atoms with Gasteiger partial charge in [0.25, 0.3) is 0 Å². The molecule has 0 spiro atoms. The van der Waals surface area contributed by atoms with Crippen LogP contribution < -0.4 is 5.32 Å². The van der Waals surface area contributed by atoms with E-state index in [1.165, 1.54) is 6.42 Å². The van der Waals surface area contributed by atoms with Crippen LogP contribution in [0.25, 0.3) is 0 Å². The van der Waals surface area contributed by atoms with E-state index < -0.39 is 5.97 Å². The Morgan fingerprint density at radius 3 is 2.14 bits per heavy atom. The molecule has 1 heterocycles. The molecule has 0 bridgehead atoms. The summed E-state index contributed by atoms with van der Waals surface area (Å²) < 4.78 is 0. The second-order valence-corrected chi connectivity index (χ2v) is 6.02. The van der Waals surface area contributed by atoms with Crippen LogP contribution in [-0.4, -0.2) is 65.5 Å². The van der Waals surface area contributed by atoms with Gasteiger partial charge in [-0.1, -0.05) is 19.3 Å². The van der Waals surface area contributed by atoms with Gasteiger partial charge in [0, 0.05) is 38.6 Å². The summed E-state index contributed by atoms with van der Waals surface area (Å²) >= 11 is 0. The zero-order valence-electron chi connectivity index (χ0n) is 12.9. The van der Waals surface area contributed by atoms with Gasteiger partial charge in [-0.15, -0.1) is 0 Å². The fraction of sp³-hybridized carbons (Fsp3) is 0.800. The maximum atomic E-state index is 12.4. The number of carbonyl (C=O) groups is 3. The first kappa shape index (κ1) is 16.6. The normalized spacial score (nSPS) is 19.8. The van der Waals surface area contributed by atoms with Crippen molar-refractivity contribution in [2.24, 2.45) is 5.92 Å². The zero-order valence-corrected chi connectivity index (χ0v) is 12.9. The molecule has 0 aromatic carbocycles. The van der Waals surface area contributed by atoms with E-state index in [2.05, 4.69) is 5.32 Å². The molecule has 0 unspecified atom stereocenters. The van der Waals surface area contributed by atoms with Crippen molar-refractivity contribution in [3.05, 3.63) is 0 Å². The molecule has 0 aromatic heterocycles. The van der Waals surface area contributed by atoms with Crippen molar-refractivity contribution in [3.8, 4) is 0 Å². The third-order valence-electron chi connectivity index (χ3n) is 4.45. The minimum Gasteiger partial charge on any atom is -0.481 e. The molecule has 0 aromatic rings. The molecule has 2 aliphatic rings. The van der Waals surface area contributed by atoms with Crippen LogP contribution in [0.4, 0.5) is 4.79 Å². The van der Waals surface area contributed by atoms with E-state index in [9.17, 15) is 14.4 Å². The van der Waals surface area contributed by atoms with Crippen molar-refractivity contribution in [2.75, 3.05) is 32.7 Å². The van der Waals surface area contributed by atoms with Gasteiger partial charge in [-0.25, -0.2) is 4.79 Å². The number of piperazine rings is 1. The van der Waals surface area contributed by atoms with E-state index in [4.69, 9.17) is 5.11 Å². The van der Waals surface area contributed by atoms with Crippen LogP contribution in [0.3, 0.4) is 0 Å². The number of urea groups is 1. The third kappa shape index (κ3) is 4.61. The number of nitrogens with one attached hydrogen (secondary N) is 1. The Morgan fingerprint density at radius 2 is 1.55 bits per heavy atom. The Morgan fingerprint density at radius 1 is 0.955 bits per heavy atom. The summed E-state index contributed by atoms with van der Waals surface area (Å²) in [5, 5.41) is 11.1. The standard InChI is InChI=1S/C15H25N3O4/c19-13(20)6-7-16-15(22)18-10-8-17(9-11-18)14(21)12-4-2-1-3-5-12/h12H,1-11H2,(H,16,22)(H,19,20). The number of amides is 3. The van der Waals surface area contributed by atoms with Gasteiger partial charge >= 0.3 is 12.0 Å². The minimum atomic E-state index is -0.928. The molecule has 1 saturated carbocycles. The molecule has 2 fully saturated rings. The monoisotopic (exact) mass is 311 g/mol. The molecule has 1 aliphatic carbocycles. The van der Waals surface area contributed by atoms with E-state index in [-0.39, 0.29) is 30.8 Å². The van der Waals surface area contributed by atoms with Crippen molar-refractivity contribution >= 4 is 17.9 Å². The maximum absolute atomic E-state index is 12.4. The van der Waals surface area contributed by atoms with Gasteiger partial charge in [-0.2, -0.15) is 0 Å². The SMILES string of the molecule is O=C(O)CCNC(=O)N1CCN(C(=O)C2CCCCC2)CC1. The molecule has 0 radical (unpaired) electrons. The Kier molecular flexibility index (Phi) is 6.03. The topological polar surface area (TPSA) is 89.9 Å². The lowest BCUT2D eigenvalue weighted by Crippen LogP contribution is -2.54. The Balaban J connectivity index is 1.71. The Labute approximate surface area is 130 Å². The second kappa shape index (κ2) is 8.00. The van der Waals surface area contributed by atoms with Gasteiger partial charge < -0.3 is 20.2 Å². The Hall–Kier alpha value is -1.79. The van der Waals surface area contributed by atoms with E-state index in [0.29, 0.717) is 26.2 Å². The number of hydrogen-bond donors (Lipinski definition) is 2. The zero-order chi connectivity index (χ0) is 15.9. The predicted molar refractivity (Wildman–Crippen MR) is 80.4 cm³/mol. The van der Waals surface area contributed by atoms with E-state index in [0.717, 1.165) is 25.7 Å². The van der Waals surface area contributed by atoms with Crippen LogP contribution in [0.5, 0.6) is 0 Å². The first-order valence-corrected chi connectivity index (χ1v) is 8.11. The number of carboxylic acids is 1. The highest BCUT2D eigenvalue weighted by atomic mass is 16.4. The first-order chi connectivity index (χ1) is 10.6. The molecule has 2 rings (SSSR count). The summed E-state index contributed by atoms with van der Waals surface area (Å²) in [6.45, 7) is 2.30. The smallest absolute Gasteiger partial charge is 0.317 e. The lowest BCUT2D eigenvalue weighted by atomic mass is 9.88.